The first-order valence-corrected chi connectivity index (χ1v) is 9.22. The summed E-state index contributed by atoms with van der Waals surface area (Å²) in [6, 6.07) is 0.756. The lowest BCUT2D eigenvalue weighted by atomic mass is 9.88. The van der Waals surface area contributed by atoms with E-state index in [0.717, 1.165) is 18.5 Å². The van der Waals surface area contributed by atoms with E-state index in [0.29, 0.717) is 11.7 Å². The van der Waals surface area contributed by atoms with Gasteiger partial charge >= 0.3 is 0 Å². The van der Waals surface area contributed by atoms with Gasteiger partial charge in [0.25, 0.3) is 0 Å². The summed E-state index contributed by atoms with van der Waals surface area (Å²) in [6.45, 7) is 3.37. The zero-order valence-corrected chi connectivity index (χ0v) is 13.3. The molecule has 3 unspecified atom stereocenters. The van der Waals surface area contributed by atoms with Gasteiger partial charge in [-0.15, -0.1) is 0 Å². The fourth-order valence-corrected chi connectivity index (χ4v) is 4.98. The Morgan fingerprint density at radius 3 is 2.55 bits per heavy atom. The van der Waals surface area contributed by atoms with E-state index in [1.165, 1.54) is 77.0 Å². The maximum absolute atomic E-state index is 6.55. The molecule has 0 radical (unpaired) electrons. The Balaban J connectivity index is 1.55. The lowest BCUT2D eigenvalue weighted by Crippen LogP contribution is -2.37. The van der Waals surface area contributed by atoms with Crippen molar-refractivity contribution in [2.45, 2.75) is 102 Å². The smallest absolute Gasteiger partial charge is 0.0687 e. The van der Waals surface area contributed by atoms with E-state index in [2.05, 4.69) is 12.2 Å². The molecule has 3 rings (SSSR count). The molecule has 0 aromatic carbocycles. The summed E-state index contributed by atoms with van der Waals surface area (Å²) in [6.07, 6.45) is 17.1. The summed E-state index contributed by atoms with van der Waals surface area (Å²) in [4.78, 5) is 0. The molecule has 2 nitrogen and oxygen atoms in total. The highest BCUT2D eigenvalue weighted by molar-refractivity contribution is 4.94. The van der Waals surface area contributed by atoms with Crippen LogP contribution in [0.15, 0.2) is 0 Å². The van der Waals surface area contributed by atoms with E-state index >= 15 is 0 Å². The third-order valence-corrected chi connectivity index (χ3v) is 6.04. The van der Waals surface area contributed by atoms with E-state index in [-0.39, 0.29) is 0 Å². The van der Waals surface area contributed by atoms with Crippen LogP contribution in [0.3, 0.4) is 0 Å². The van der Waals surface area contributed by atoms with Gasteiger partial charge in [0.2, 0.25) is 0 Å². The molecule has 1 saturated heterocycles. The Bertz CT molecular complexity index is 298. The van der Waals surface area contributed by atoms with Gasteiger partial charge in [0.1, 0.15) is 0 Å². The molecule has 1 spiro atoms. The molecule has 0 amide bonds. The molecule has 3 fully saturated rings. The molecular formula is C18H33NO. The summed E-state index contributed by atoms with van der Waals surface area (Å²) >= 11 is 0. The molecule has 3 aliphatic rings. The lowest BCUT2D eigenvalue weighted by molar-refractivity contribution is -0.0462. The number of nitrogens with one attached hydrogen (secondary N) is 1. The van der Waals surface area contributed by atoms with Crippen LogP contribution in [-0.2, 0) is 4.74 Å². The van der Waals surface area contributed by atoms with E-state index < -0.39 is 0 Å². The maximum atomic E-state index is 6.55. The van der Waals surface area contributed by atoms with Crippen LogP contribution >= 0.6 is 0 Å². The van der Waals surface area contributed by atoms with Gasteiger partial charge < -0.3 is 10.1 Å². The molecule has 2 heteroatoms. The first-order valence-electron chi connectivity index (χ1n) is 9.22. The third-order valence-electron chi connectivity index (χ3n) is 6.04. The molecule has 1 N–H and O–H groups in total. The van der Waals surface area contributed by atoms with Gasteiger partial charge in [-0.2, -0.15) is 0 Å². The minimum Gasteiger partial charge on any atom is -0.372 e. The molecule has 116 valence electrons. The van der Waals surface area contributed by atoms with E-state index in [1.54, 1.807) is 0 Å². The highest BCUT2D eigenvalue weighted by Gasteiger charge is 2.43. The van der Waals surface area contributed by atoms with E-state index in [9.17, 15) is 0 Å². The summed E-state index contributed by atoms with van der Waals surface area (Å²) in [5.41, 5.74) is 0.322. The van der Waals surface area contributed by atoms with Gasteiger partial charge in [-0.25, -0.2) is 0 Å². The van der Waals surface area contributed by atoms with Crippen LogP contribution in [0.2, 0.25) is 0 Å². The number of ether oxygens (including phenoxy) is 1. The van der Waals surface area contributed by atoms with E-state index in [4.69, 9.17) is 4.74 Å². The van der Waals surface area contributed by atoms with Crippen LogP contribution in [0.25, 0.3) is 0 Å². The van der Waals surface area contributed by atoms with Crippen molar-refractivity contribution >= 4 is 0 Å². The van der Waals surface area contributed by atoms with Crippen molar-refractivity contribution in [3.05, 3.63) is 0 Å². The van der Waals surface area contributed by atoms with Gasteiger partial charge in [0, 0.05) is 6.04 Å². The van der Waals surface area contributed by atoms with Crippen LogP contribution in [0, 0.1) is 5.92 Å². The fourth-order valence-electron chi connectivity index (χ4n) is 4.98. The molecular weight excluding hydrogens is 246 g/mol. The Morgan fingerprint density at radius 1 is 0.950 bits per heavy atom. The summed E-state index contributed by atoms with van der Waals surface area (Å²) in [5.74, 6) is 0.860. The maximum Gasteiger partial charge on any atom is 0.0687 e. The summed E-state index contributed by atoms with van der Waals surface area (Å²) < 4.78 is 6.55. The topological polar surface area (TPSA) is 21.3 Å². The number of hydrogen-bond acceptors (Lipinski definition) is 2. The lowest BCUT2D eigenvalue weighted by Gasteiger charge is -2.30. The normalized spacial score (nSPS) is 37.4. The summed E-state index contributed by atoms with van der Waals surface area (Å²) in [5, 5.41) is 3.75. The van der Waals surface area contributed by atoms with Gasteiger partial charge in [-0.1, -0.05) is 39.0 Å². The second-order valence-corrected chi connectivity index (χ2v) is 7.47. The largest absolute Gasteiger partial charge is 0.372 e. The molecule has 2 saturated carbocycles. The van der Waals surface area contributed by atoms with Gasteiger partial charge in [-0.05, 0) is 57.4 Å². The Hall–Kier alpha value is -0.0800. The average molecular weight is 279 g/mol. The van der Waals surface area contributed by atoms with Gasteiger partial charge in [-0.3, -0.25) is 0 Å². The minimum absolute atomic E-state index is 0.322. The molecule has 1 aliphatic heterocycles. The van der Waals surface area contributed by atoms with Crippen LogP contribution in [-0.4, -0.2) is 24.3 Å². The van der Waals surface area contributed by atoms with Crippen molar-refractivity contribution in [3.63, 3.8) is 0 Å². The molecule has 0 bridgehead atoms. The number of rotatable bonds is 4. The van der Waals surface area contributed by atoms with Gasteiger partial charge in [0.15, 0.2) is 0 Å². The van der Waals surface area contributed by atoms with Crippen molar-refractivity contribution in [2.75, 3.05) is 6.54 Å². The quantitative estimate of drug-likeness (QED) is 0.769. The standard InChI is InChI=1S/C18H33NO/c1-2-19-17-9-5-3-4-8-15(17)14-16-10-13-18(20-16)11-6-7-12-18/h15-17,19H,2-14H2,1H3. The SMILES string of the molecule is CCNC1CCCCCC1CC1CCC2(CCCC2)O1. The fraction of sp³-hybridized carbons (Fsp3) is 1.00. The Morgan fingerprint density at radius 2 is 1.75 bits per heavy atom. The zero-order valence-electron chi connectivity index (χ0n) is 13.3. The molecule has 20 heavy (non-hydrogen) atoms. The predicted octanol–water partition coefficient (Wildman–Crippen LogP) is 4.43. The zero-order chi connectivity index (χ0) is 13.8. The second kappa shape index (κ2) is 6.79. The average Bonchev–Trinajstić information content (AvgIpc) is 3.01. The molecule has 0 aromatic rings. The Labute approximate surface area is 125 Å². The second-order valence-electron chi connectivity index (χ2n) is 7.47. The summed E-state index contributed by atoms with van der Waals surface area (Å²) in [7, 11) is 0. The van der Waals surface area contributed by atoms with Crippen molar-refractivity contribution in [2.24, 2.45) is 5.92 Å². The Kier molecular flexibility index (Phi) is 5.04. The first-order chi connectivity index (χ1) is 9.81. The van der Waals surface area contributed by atoms with E-state index in [1.807, 2.05) is 0 Å². The predicted molar refractivity (Wildman–Crippen MR) is 84.0 cm³/mol. The highest BCUT2D eigenvalue weighted by Crippen LogP contribution is 2.45. The van der Waals surface area contributed by atoms with Gasteiger partial charge in [0.05, 0.1) is 11.7 Å². The molecule has 3 atom stereocenters. The third kappa shape index (κ3) is 3.39. The highest BCUT2D eigenvalue weighted by atomic mass is 16.5. The monoisotopic (exact) mass is 279 g/mol. The van der Waals surface area contributed by atoms with Crippen molar-refractivity contribution in [1.29, 1.82) is 0 Å². The van der Waals surface area contributed by atoms with Crippen molar-refractivity contribution in [1.82, 2.24) is 5.32 Å². The van der Waals surface area contributed by atoms with Crippen LogP contribution in [0.5, 0.6) is 0 Å². The number of hydrogen-bond donors (Lipinski definition) is 1. The van der Waals surface area contributed by atoms with Crippen molar-refractivity contribution in [3.8, 4) is 0 Å². The minimum atomic E-state index is 0.322. The van der Waals surface area contributed by atoms with Crippen LogP contribution in [0.4, 0.5) is 0 Å². The van der Waals surface area contributed by atoms with Crippen molar-refractivity contribution < 1.29 is 4.74 Å². The molecule has 2 aliphatic carbocycles. The molecule has 1 heterocycles. The molecule has 0 aromatic heterocycles. The first kappa shape index (κ1) is 14.8. The van der Waals surface area contributed by atoms with Crippen LogP contribution in [0.1, 0.15) is 84.0 Å². The van der Waals surface area contributed by atoms with Crippen LogP contribution < -0.4 is 5.32 Å².